The molecular weight excluding hydrogens is 156 g/mol. The Bertz CT molecular complexity index is 92.4. The molecule has 12 heavy (non-hydrogen) atoms. The summed E-state index contributed by atoms with van der Waals surface area (Å²) in [5, 5.41) is 15.2. The summed E-state index contributed by atoms with van der Waals surface area (Å²) in [5.74, 6) is 0. The van der Waals surface area contributed by atoms with E-state index in [1.54, 1.807) is 0 Å². The first-order chi connectivity index (χ1) is 5.47. The van der Waals surface area contributed by atoms with Gasteiger partial charge in [0.05, 0.1) is 26.1 Å². The van der Waals surface area contributed by atoms with Crippen molar-refractivity contribution in [2.45, 2.75) is 20.8 Å². The standard InChI is InChI=1S/C7H14O.C2H6O2/c1-5-8-6-7(2,3)4;3-1-2-4/h5H,1,6H2,2-4H3;3-4H,1-2H2. The fourth-order valence-corrected chi connectivity index (χ4v) is 0.309. The second-order valence-electron chi connectivity index (χ2n) is 3.49. The van der Waals surface area contributed by atoms with Crippen molar-refractivity contribution in [3.63, 3.8) is 0 Å². The first-order valence-electron chi connectivity index (χ1n) is 3.92. The van der Waals surface area contributed by atoms with Gasteiger partial charge in [0.2, 0.25) is 0 Å². The van der Waals surface area contributed by atoms with Crippen molar-refractivity contribution < 1.29 is 14.9 Å². The molecule has 0 amide bonds. The van der Waals surface area contributed by atoms with Gasteiger partial charge in [-0.25, -0.2) is 0 Å². The predicted molar refractivity (Wildman–Crippen MR) is 49.8 cm³/mol. The van der Waals surface area contributed by atoms with E-state index in [-0.39, 0.29) is 18.6 Å². The average Bonchev–Trinajstić information content (AvgIpc) is 2.00. The summed E-state index contributed by atoms with van der Waals surface area (Å²) in [7, 11) is 0. The summed E-state index contributed by atoms with van der Waals surface area (Å²) < 4.78 is 4.96. The summed E-state index contributed by atoms with van der Waals surface area (Å²) in [6.45, 7) is 10.3. The Labute approximate surface area is 74.7 Å². The molecule has 0 radical (unpaired) electrons. The third-order valence-corrected chi connectivity index (χ3v) is 0.734. The Balaban J connectivity index is 0. The number of aliphatic hydroxyl groups is 2. The topological polar surface area (TPSA) is 49.7 Å². The molecule has 0 saturated heterocycles. The van der Waals surface area contributed by atoms with Crippen LogP contribution in [0.4, 0.5) is 0 Å². The van der Waals surface area contributed by atoms with Gasteiger partial charge in [0.15, 0.2) is 0 Å². The molecule has 0 bridgehead atoms. The summed E-state index contributed by atoms with van der Waals surface area (Å²) in [5.41, 5.74) is 0.258. The van der Waals surface area contributed by atoms with Gasteiger partial charge in [-0.2, -0.15) is 0 Å². The highest BCUT2D eigenvalue weighted by Gasteiger charge is 2.08. The van der Waals surface area contributed by atoms with Crippen molar-refractivity contribution in [3.05, 3.63) is 12.8 Å². The lowest BCUT2D eigenvalue weighted by Crippen LogP contribution is -2.11. The maximum absolute atomic E-state index is 7.62. The average molecular weight is 176 g/mol. The highest BCUT2D eigenvalue weighted by molar-refractivity contribution is 4.61. The summed E-state index contributed by atoms with van der Waals surface area (Å²) in [6.07, 6.45) is 1.48. The molecule has 0 rings (SSSR count). The quantitative estimate of drug-likeness (QED) is 0.634. The number of hydrogen-bond acceptors (Lipinski definition) is 3. The van der Waals surface area contributed by atoms with Crippen LogP contribution in [0.3, 0.4) is 0 Å². The highest BCUT2D eigenvalue weighted by atomic mass is 16.5. The molecule has 3 heteroatoms. The van der Waals surface area contributed by atoms with Crippen LogP contribution in [0.1, 0.15) is 20.8 Å². The zero-order valence-electron chi connectivity index (χ0n) is 8.21. The Hall–Kier alpha value is -0.540. The van der Waals surface area contributed by atoms with E-state index in [4.69, 9.17) is 14.9 Å². The van der Waals surface area contributed by atoms with Crippen molar-refractivity contribution >= 4 is 0 Å². The molecule has 0 heterocycles. The Morgan fingerprint density at radius 1 is 1.25 bits per heavy atom. The number of ether oxygens (including phenoxy) is 1. The summed E-state index contributed by atoms with van der Waals surface area (Å²) >= 11 is 0. The molecule has 0 aliphatic heterocycles. The zero-order valence-corrected chi connectivity index (χ0v) is 8.21. The minimum atomic E-state index is -0.125. The van der Waals surface area contributed by atoms with Gasteiger partial charge in [-0.3, -0.25) is 0 Å². The van der Waals surface area contributed by atoms with Crippen LogP contribution in [-0.4, -0.2) is 30.0 Å². The van der Waals surface area contributed by atoms with Gasteiger partial charge < -0.3 is 14.9 Å². The Morgan fingerprint density at radius 3 is 1.75 bits per heavy atom. The van der Waals surface area contributed by atoms with E-state index < -0.39 is 0 Å². The second-order valence-corrected chi connectivity index (χ2v) is 3.49. The van der Waals surface area contributed by atoms with E-state index in [2.05, 4.69) is 27.4 Å². The summed E-state index contributed by atoms with van der Waals surface area (Å²) in [4.78, 5) is 0. The Morgan fingerprint density at radius 2 is 1.67 bits per heavy atom. The van der Waals surface area contributed by atoms with Gasteiger partial charge in [0.25, 0.3) is 0 Å². The zero-order chi connectivity index (χ0) is 10.0. The van der Waals surface area contributed by atoms with Gasteiger partial charge in [-0.05, 0) is 5.41 Å². The first-order valence-corrected chi connectivity index (χ1v) is 3.92. The number of aliphatic hydroxyl groups excluding tert-OH is 2. The van der Waals surface area contributed by atoms with Crippen molar-refractivity contribution in [1.82, 2.24) is 0 Å². The van der Waals surface area contributed by atoms with Crippen molar-refractivity contribution in [3.8, 4) is 0 Å². The lowest BCUT2D eigenvalue weighted by Gasteiger charge is -2.16. The number of hydrogen-bond donors (Lipinski definition) is 2. The third kappa shape index (κ3) is 22.7. The fourth-order valence-electron chi connectivity index (χ4n) is 0.309. The van der Waals surface area contributed by atoms with Crippen molar-refractivity contribution in [1.29, 1.82) is 0 Å². The van der Waals surface area contributed by atoms with Crippen molar-refractivity contribution in [2.75, 3.05) is 19.8 Å². The van der Waals surface area contributed by atoms with E-state index in [1.165, 1.54) is 6.26 Å². The number of rotatable bonds is 3. The molecule has 0 aliphatic rings. The monoisotopic (exact) mass is 176 g/mol. The van der Waals surface area contributed by atoms with Gasteiger partial charge in [-0.15, -0.1) is 0 Å². The third-order valence-electron chi connectivity index (χ3n) is 0.734. The second kappa shape index (κ2) is 8.56. The maximum Gasteiger partial charge on any atom is 0.0921 e. The maximum atomic E-state index is 7.62. The Kier molecular flexibility index (Phi) is 9.99. The largest absolute Gasteiger partial charge is 0.501 e. The summed E-state index contributed by atoms with van der Waals surface area (Å²) in [6, 6.07) is 0. The fraction of sp³-hybridized carbons (Fsp3) is 0.778. The van der Waals surface area contributed by atoms with Crippen LogP contribution in [-0.2, 0) is 4.74 Å². The molecule has 0 saturated carbocycles. The van der Waals surface area contributed by atoms with E-state index in [0.29, 0.717) is 0 Å². The molecule has 0 aliphatic carbocycles. The van der Waals surface area contributed by atoms with Gasteiger partial charge in [0.1, 0.15) is 0 Å². The molecule has 0 unspecified atom stereocenters. The lowest BCUT2D eigenvalue weighted by molar-refractivity contribution is 0.152. The van der Waals surface area contributed by atoms with E-state index in [9.17, 15) is 0 Å². The van der Waals surface area contributed by atoms with E-state index in [0.717, 1.165) is 6.61 Å². The van der Waals surface area contributed by atoms with E-state index >= 15 is 0 Å². The molecule has 0 aromatic heterocycles. The van der Waals surface area contributed by atoms with Crippen LogP contribution in [0.15, 0.2) is 12.8 Å². The minimum absolute atomic E-state index is 0.125. The van der Waals surface area contributed by atoms with Crippen LogP contribution >= 0.6 is 0 Å². The van der Waals surface area contributed by atoms with Crippen LogP contribution in [0.25, 0.3) is 0 Å². The molecule has 74 valence electrons. The lowest BCUT2D eigenvalue weighted by atomic mass is 9.99. The first kappa shape index (κ1) is 14.0. The van der Waals surface area contributed by atoms with E-state index in [1.807, 2.05) is 0 Å². The minimum Gasteiger partial charge on any atom is -0.501 e. The normalized spacial score (nSPS) is 9.75. The molecule has 3 nitrogen and oxygen atoms in total. The van der Waals surface area contributed by atoms with Crippen molar-refractivity contribution in [2.24, 2.45) is 5.41 Å². The molecule has 0 aromatic carbocycles. The molecule has 2 N–H and O–H groups in total. The molecule has 0 atom stereocenters. The van der Waals surface area contributed by atoms with Crippen LogP contribution in [0, 0.1) is 5.41 Å². The molecule has 0 spiro atoms. The van der Waals surface area contributed by atoms with Gasteiger partial charge in [-0.1, -0.05) is 27.4 Å². The van der Waals surface area contributed by atoms with Crippen LogP contribution < -0.4 is 0 Å². The van der Waals surface area contributed by atoms with Crippen LogP contribution in [0.2, 0.25) is 0 Å². The highest BCUT2D eigenvalue weighted by Crippen LogP contribution is 2.12. The van der Waals surface area contributed by atoms with Gasteiger partial charge >= 0.3 is 0 Å². The smallest absolute Gasteiger partial charge is 0.0921 e. The van der Waals surface area contributed by atoms with Crippen LogP contribution in [0.5, 0.6) is 0 Å². The molecule has 0 fully saturated rings. The SMILES string of the molecule is C=COCC(C)(C)C.OCCO. The predicted octanol–water partition coefficient (Wildman–Crippen LogP) is 1.16. The molecule has 0 aromatic rings. The van der Waals surface area contributed by atoms with Gasteiger partial charge in [0, 0.05) is 0 Å². The molecular formula is C9H20O3.